The Morgan fingerprint density at radius 2 is 1.13 bits per heavy atom. The number of phenols is 1. The van der Waals surface area contributed by atoms with Crippen LogP contribution in [0.5, 0.6) is 5.75 Å². The number of rotatable bonds is 17. The molecule has 0 spiro atoms. The molecule has 1 aromatic rings. The van der Waals surface area contributed by atoms with Gasteiger partial charge in [0.25, 0.3) is 0 Å². The van der Waals surface area contributed by atoms with E-state index in [0.29, 0.717) is 6.42 Å². The molecule has 0 aromatic heterocycles. The fourth-order valence-corrected chi connectivity index (χ4v) is 3.29. The number of hydrogen-bond acceptors (Lipinski definition) is 4. The fraction of sp³-hybridized carbons (Fsp3) is 0.680. The van der Waals surface area contributed by atoms with Crippen LogP contribution in [-0.4, -0.2) is 22.2 Å². The van der Waals surface area contributed by atoms with Gasteiger partial charge in [0, 0.05) is 12.0 Å². The summed E-state index contributed by atoms with van der Waals surface area (Å²) in [4.78, 5) is 20.5. The van der Waals surface area contributed by atoms with Crippen molar-refractivity contribution in [2.24, 2.45) is 0 Å². The van der Waals surface area contributed by atoms with Gasteiger partial charge in [0.1, 0.15) is 5.75 Å². The summed E-state index contributed by atoms with van der Waals surface area (Å²) in [6.07, 6.45) is 20.2. The molecule has 0 fully saturated rings. The third-order valence-electron chi connectivity index (χ3n) is 5.12. The first-order valence-electron chi connectivity index (χ1n) is 11.7. The van der Waals surface area contributed by atoms with E-state index in [1.807, 2.05) is 0 Å². The van der Waals surface area contributed by atoms with Gasteiger partial charge in [-0.1, -0.05) is 109 Å². The van der Waals surface area contributed by atoms with Crippen LogP contribution in [0.3, 0.4) is 0 Å². The number of aliphatic carboxylic acids is 1. The Labute approximate surface area is 231 Å². The van der Waals surface area contributed by atoms with Crippen molar-refractivity contribution in [2.45, 2.75) is 110 Å². The summed E-state index contributed by atoms with van der Waals surface area (Å²) in [5.74, 6) is -2.28. The van der Waals surface area contributed by atoms with Gasteiger partial charge >= 0.3 is 57.4 Å². The first kappa shape index (κ1) is 32.8. The fourth-order valence-electron chi connectivity index (χ4n) is 3.29. The molecule has 6 heteroatoms. The quantitative estimate of drug-likeness (QED) is 0.275. The summed E-state index contributed by atoms with van der Waals surface area (Å²) in [6.45, 7) is 2.27. The van der Waals surface area contributed by atoms with Gasteiger partial charge in [-0.25, -0.2) is 0 Å². The number of para-hydroxylation sites is 1. The van der Waals surface area contributed by atoms with Crippen LogP contribution in [0.25, 0.3) is 0 Å². The molecule has 0 saturated carbocycles. The predicted molar refractivity (Wildman–Crippen MR) is 120 cm³/mol. The molecule has 0 aliphatic rings. The zero-order valence-electron chi connectivity index (χ0n) is 19.7. The van der Waals surface area contributed by atoms with E-state index in [4.69, 9.17) is 10.2 Å². The van der Waals surface area contributed by atoms with Gasteiger partial charge in [0.2, 0.25) is 0 Å². The summed E-state index contributed by atoms with van der Waals surface area (Å²) in [5.41, 5.74) is -0.178. The topological polar surface area (TPSA) is 97.7 Å². The van der Waals surface area contributed by atoms with E-state index in [9.17, 15) is 14.7 Å². The maximum atomic E-state index is 10.3. The van der Waals surface area contributed by atoms with Crippen LogP contribution in [0.1, 0.15) is 120 Å². The molecule has 1 aromatic carbocycles. The normalized spacial score (nSPS) is 9.97. The van der Waals surface area contributed by atoms with Gasteiger partial charge in [0.05, 0.1) is 5.97 Å². The zero-order chi connectivity index (χ0) is 22.5. The second kappa shape index (κ2) is 24.2. The van der Waals surface area contributed by atoms with Crippen molar-refractivity contribution in [1.82, 2.24) is 0 Å². The van der Waals surface area contributed by atoms with E-state index in [0.717, 1.165) is 12.8 Å². The molecule has 0 unspecified atom stereocenters. The Kier molecular flexibility index (Phi) is 25.6. The first-order chi connectivity index (χ1) is 14.5. The predicted octanol–water partition coefficient (Wildman–Crippen LogP) is 3.09. The number of hydrogen-bond donors (Lipinski definition) is 2. The Bertz CT molecular complexity index is 563. The van der Waals surface area contributed by atoms with Crippen LogP contribution in [0.4, 0.5) is 0 Å². The summed E-state index contributed by atoms with van der Waals surface area (Å²) < 4.78 is 0. The molecular formula is C25H41KO5. The molecule has 0 atom stereocenters. The Hall–Kier alpha value is -0.404. The smallest absolute Gasteiger partial charge is 0.545 e. The van der Waals surface area contributed by atoms with Gasteiger partial charge < -0.3 is 20.1 Å². The average Bonchev–Trinajstić information content (AvgIpc) is 2.71. The molecule has 0 aliphatic carbocycles. The number of carbonyl (C=O) groups excluding carboxylic acids is 1. The van der Waals surface area contributed by atoms with Gasteiger partial charge in [0.15, 0.2) is 0 Å². The Morgan fingerprint density at radius 3 is 1.45 bits per heavy atom. The molecule has 0 radical (unpaired) electrons. The van der Waals surface area contributed by atoms with Crippen molar-refractivity contribution < 1.29 is 76.3 Å². The number of carbonyl (C=O) groups is 2. The molecule has 172 valence electrons. The molecule has 1 rings (SSSR count). The monoisotopic (exact) mass is 460 g/mol. The van der Waals surface area contributed by atoms with E-state index in [2.05, 4.69) is 6.92 Å². The molecule has 5 nitrogen and oxygen atoms in total. The molecule has 0 saturated heterocycles. The minimum Gasteiger partial charge on any atom is -0.545 e. The van der Waals surface area contributed by atoms with Crippen molar-refractivity contribution in [1.29, 1.82) is 0 Å². The zero-order valence-corrected chi connectivity index (χ0v) is 22.9. The molecule has 0 aliphatic heterocycles. The van der Waals surface area contributed by atoms with Gasteiger partial charge in [-0.2, -0.15) is 0 Å². The van der Waals surface area contributed by atoms with Crippen LogP contribution in [0.2, 0.25) is 0 Å². The first-order valence-corrected chi connectivity index (χ1v) is 11.7. The van der Waals surface area contributed by atoms with Crippen molar-refractivity contribution in [3.8, 4) is 5.75 Å². The second-order valence-corrected chi connectivity index (χ2v) is 7.90. The van der Waals surface area contributed by atoms with Gasteiger partial charge in [-0.05, 0) is 18.6 Å². The number of aromatic hydroxyl groups is 1. The van der Waals surface area contributed by atoms with E-state index in [-0.39, 0.29) is 62.7 Å². The third-order valence-corrected chi connectivity index (χ3v) is 5.12. The maximum Gasteiger partial charge on any atom is 1.00 e. The standard InChI is InChI=1S/C18H36O2.C7H6O3.K/c1-2-3-4-5-6-7-8-9-10-11-12-13-14-15-16-17-18(19)20;8-6-4-2-1-3-5(6)7(9)10;/h2-17H2,1H3,(H,19,20);1-4,8H,(H,9,10);/q;;+1/p-1. The molecule has 31 heavy (non-hydrogen) atoms. The van der Waals surface area contributed by atoms with Crippen LogP contribution in [-0.2, 0) is 4.79 Å². The Balaban J connectivity index is 0. The largest absolute Gasteiger partial charge is 1.00 e. The minimum absolute atomic E-state index is 0. The molecule has 0 heterocycles. The van der Waals surface area contributed by atoms with Crippen molar-refractivity contribution >= 4 is 11.9 Å². The second-order valence-electron chi connectivity index (χ2n) is 7.90. The SMILES string of the molecule is CCCCCCCCCCCCCCCCCC(=O)O.O=C([O-])c1ccccc1O.[K+]. The van der Waals surface area contributed by atoms with E-state index >= 15 is 0 Å². The van der Waals surface area contributed by atoms with E-state index in [1.165, 1.54) is 102 Å². The van der Waals surface area contributed by atoms with Crippen molar-refractivity contribution in [3.05, 3.63) is 29.8 Å². The van der Waals surface area contributed by atoms with Gasteiger partial charge in [-0.3, -0.25) is 4.79 Å². The summed E-state index contributed by atoms with van der Waals surface area (Å²) in [6, 6.07) is 5.64. The van der Waals surface area contributed by atoms with Crippen molar-refractivity contribution in [2.75, 3.05) is 0 Å². The number of carboxylic acids is 2. The number of unbranched alkanes of at least 4 members (excludes halogenated alkanes) is 14. The molecule has 0 amide bonds. The molecule has 2 N–H and O–H groups in total. The van der Waals surface area contributed by atoms with Crippen molar-refractivity contribution in [3.63, 3.8) is 0 Å². The maximum absolute atomic E-state index is 10.3. The summed E-state index contributed by atoms with van der Waals surface area (Å²) >= 11 is 0. The number of benzene rings is 1. The van der Waals surface area contributed by atoms with E-state index < -0.39 is 11.9 Å². The van der Waals surface area contributed by atoms with Gasteiger partial charge in [-0.15, -0.1) is 0 Å². The summed E-state index contributed by atoms with van der Waals surface area (Å²) in [5, 5.41) is 27.5. The van der Waals surface area contributed by atoms with Crippen LogP contribution >= 0.6 is 0 Å². The third kappa shape index (κ3) is 22.6. The van der Waals surface area contributed by atoms with Crippen LogP contribution in [0, 0.1) is 0 Å². The van der Waals surface area contributed by atoms with Crippen LogP contribution < -0.4 is 56.5 Å². The molecular weight excluding hydrogens is 419 g/mol. The average molecular weight is 461 g/mol. The summed E-state index contributed by atoms with van der Waals surface area (Å²) in [7, 11) is 0. The molecule has 0 bridgehead atoms. The number of carboxylic acid groups (broad SMARTS) is 2. The number of aromatic carboxylic acids is 1. The van der Waals surface area contributed by atoms with Crippen LogP contribution in [0.15, 0.2) is 24.3 Å². The minimum atomic E-state index is -1.36. The Morgan fingerprint density at radius 1 is 0.742 bits per heavy atom. The van der Waals surface area contributed by atoms with E-state index in [1.54, 1.807) is 6.07 Å².